The number of quaternary nitrogens is 2. The minimum atomic E-state index is 0.0363. The SMILES string of the molecule is CC[NH+](CC(=O)Nc1ccc(OC)cc1)C[C@H]1C[NH+](CC(C)C)CCO1. The first-order chi connectivity index (χ1) is 12.5. The van der Waals surface area contributed by atoms with Gasteiger partial charge in [-0.3, -0.25) is 4.79 Å². The summed E-state index contributed by atoms with van der Waals surface area (Å²) in [6.45, 7) is 13.1. The van der Waals surface area contributed by atoms with E-state index in [2.05, 4.69) is 26.1 Å². The lowest BCUT2D eigenvalue weighted by molar-refractivity contribution is -0.931. The number of ether oxygens (including phenoxy) is 2. The van der Waals surface area contributed by atoms with Crippen LogP contribution in [0, 0.1) is 5.92 Å². The van der Waals surface area contributed by atoms with Gasteiger partial charge in [0.2, 0.25) is 0 Å². The molecule has 0 aliphatic carbocycles. The second-order valence-electron chi connectivity index (χ2n) is 7.56. The number of likely N-dealkylation sites (N-methyl/N-ethyl adjacent to an activating group) is 1. The molecule has 1 aliphatic heterocycles. The van der Waals surface area contributed by atoms with Crippen LogP contribution in [0.1, 0.15) is 20.8 Å². The summed E-state index contributed by atoms with van der Waals surface area (Å²) in [4.78, 5) is 15.3. The van der Waals surface area contributed by atoms with E-state index in [-0.39, 0.29) is 12.0 Å². The Hall–Kier alpha value is -1.63. The Labute approximate surface area is 157 Å². The van der Waals surface area contributed by atoms with E-state index in [1.54, 1.807) is 12.0 Å². The van der Waals surface area contributed by atoms with Gasteiger partial charge in [0.1, 0.15) is 25.4 Å². The Bertz CT molecular complexity index is 548. The molecule has 1 heterocycles. The summed E-state index contributed by atoms with van der Waals surface area (Å²) in [5.74, 6) is 1.52. The number of hydrogen-bond acceptors (Lipinski definition) is 3. The summed E-state index contributed by atoms with van der Waals surface area (Å²) >= 11 is 0. The van der Waals surface area contributed by atoms with Crippen LogP contribution < -0.4 is 19.9 Å². The first-order valence-corrected chi connectivity index (χ1v) is 9.72. The van der Waals surface area contributed by atoms with Crippen molar-refractivity contribution in [2.75, 3.05) is 58.3 Å². The molecule has 0 spiro atoms. The fraction of sp³-hybridized carbons (Fsp3) is 0.650. The normalized spacial score (nSPS) is 21.4. The number of methoxy groups -OCH3 is 1. The number of nitrogens with one attached hydrogen (secondary N) is 3. The Kier molecular flexibility index (Phi) is 8.35. The van der Waals surface area contributed by atoms with Crippen LogP contribution >= 0.6 is 0 Å². The molecule has 3 N–H and O–H groups in total. The Balaban J connectivity index is 1.80. The van der Waals surface area contributed by atoms with Gasteiger partial charge in [0.15, 0.2) is 12.6 Å². The summed E-state index contributed by atoms with van der Waals surface area (Å²) in [6, 6.07) is 7.42. The van der Waals surface area contributed by atoms with Gasteiger partial charge in [-0.15, -0.1) is 0 Å². The highest BCUT2D eigenvalue weighted by Gasteiger charge is 2.28. The maximum absolute atomic E-state index is 12.4. The summed E-state index contributed by atoms with van der Waals surface area (Å²) in [5, 5.41) is 2.97. The van der Waals surface area contributed by atoms with Crippen LogP contribution in [0.4, 0.5) is 5.69 Å². The number of morpholine rings is 1. The monoisotopic (exact) mass is 365 g/mol. The molecule has 146 valence electrons. The van der Waals surface area contributed by atoms with Crippen molar-refractivity contribution >= 4 is 11.6 Å². The molecule has 3 atom stereocenters. The molecule has 1 amide bonds. The number of carbonyl (C=O) groups excluding carboxylic acids is 1. The molecular weight excluding hydrogens is 330 g/mol. The van der Waals surface area contributed by atoms with E-state index in [0.29, 0.717) is 12.5 Å². The van der Waals surface area contributed by atoms with E-state index in [4.69, 9.17) is 9.47 Å². The third-order valence-corrected chi connectivity index (χ3v) is 4.82. The van der Waals surface area contributed by atoms with Crippen LogP contribution in [-0.2, 0) is 9.53 Å². The molecule has 0 bridgehead atoms. The molecular formula is C20H35N3O3+2. The molecule has 1 saturated heterocycles. The van der Waals surface area contributed by atoms with Crippen molar-refractivity contribution in [2.24, 2.45) is 5.92 Å². The standard InChI is InChI=1S/C20H33N3O3/c1-5-22(13-19-14-23(10-11-26-19)12-16(2)3)15-20(24)21-17-6-8-18(25-4)9-7-17/h6-9,16,19H,5,10-15H2,1-4H3,(H,21,24)/p+2/t19-/m0/s1. The van der Waals surface area contributed by atoms with Crippen molar-refractivity contribution in [3.8, 4) is 5.75 Å². The van der Waals surface area contributed by atoms with Gasteiger partial charge >= 0.3 is 0 Å². The van der Waals surface area contributed by atoms with Crippen LogP contribution in [0.5, 0.6) is 5.75 Å². The summed E-state index contributed by atoms with van der Waals surface area (Å²) in [7, 11) is 1.63. The fourth-order valence-corrected chi connectivity index (χ4v) is 3.52. The van der Waals surface area contributed by atoms with Crippen molar-refractivity contribution in [3.63, 3.8) is 0 Å². The zero-order valence-corrected chi connectivity index (χ0v) is 16.6. The van der Waals surface area contributed by atoms with Gasteiger partial charge < -0.3 is 24.6 Å². The summed E-state index contributed by atoms with van der Waals surface area (Å²) < 4.78 is 11.1. The Morgan fingerprint density at radius 3 is 2.73 bits per heavy atom. The van der Waals surface area contributed by atoms with Gasteiger partial charge in [0, 0.05) is 11.6 Å². The van der Waals surface area contributed by atoms with Crippen molar-refractivity contribution < 1.29 is 24.1 Å². The molecule has 0 saturated carbocycles. The highest BCUT2D eigenvalue weighted by atomic mass is 16.5. The molecule has 26 heavy (non-hydrogen) atoms. The van der Waals surface area contributed by atoms with Gasteiger partial charge in [-0.2, -0.15) is 0 Å². The molecule has 0 aromatic heterocycles. The van der Waals surface area contributed by atoms with Crippen LogP contribution in [0.15, 0.2) is 24.3 Å². The molecule has 1 aromatic carbocycles. The van der Waals surface area contributed by atoms with Crippen molar-refractivity contribution in [1.29, 1.82) is 0 Å². The van der Waals surface area contributed by atoms with Gasteiger partial charge in [0.25, 0.3) is 5.91 Å². The second-order valence-corrected chi connectivity index (χ2v) is 7.56. The molecule has 6 heteroatoms. The average Bonchev–Trinajstić information content (AvgIpc) is 2.61. The quantitative estimate of drug-likeness (QED) is 0.552. The summed E-state index contributed by atoms with van der Waals surface area (Å²) in [6.07, 6.45) is 0.237. The van der Waals surface area contributed by atoms with E-state index < -0.39 is 0 Å². The fourth-order valence-electron chi connectivity index (χ4n) is 3.52. The predicted molar refractivity (Wildman–Crippen MR) is 103 cm³/mol. The number of hydrogen-bond donors (Lipinski definition) is 3. The van der Waals surface area contributed by atoms with Gasteiger partial charge in [-0.05, 0) is 31.2 Å². The minimum Gasteiger partial charge on any atom is -0.497 e. The molecule has 2 rings (SSSR count). The molecule has 1 fully saturated rings. The highest BCUT2D eigenvalue weighted by Crippen LogP contribution is 2.14. The number of benzene rings is 1. The van der Waals surface area contributed by atoms with E-state index in [1.807, 2.05) is 24.3 Å². The lowest BCUT2D eigenvalue weighted by atomic mass is 10.1. The van der Waals surface area contributed by atoms with Crippen molar-refractivity contribution in [1.82, 2.24) is 0 Å². The molecule has 1 aromatic rings. The zero-order valence-electron chi connectivity index (χ0n) is 16.6. The smallest absolute Gasteiger partial charge is 0.279 e. The average molecular weight is 366 g/mol. The van der Waals surface area contributed by atoms with Crippen LogP contribution in [0.3, 0.4) is 0 Å². The molecule has 2 unspecified atom stereocenters. The molecule has 6 nitrogen and oxygen atoms in total. The number of carbonyl (C=O) groups is 1. The molecule has 1 aliphatic rings. The number of anilines is 1. The Morgan fingerprint density at radius 2 is 2.12 bits per heavy atom. The lowest BCUT2D eigenvalue weighted by Crippen LogP contribution is -3.18. The van der Waals surface area contributed by atoms with E-state index >= 15 is 0 Å². The number of rotatable bonds is 9. The van der Waals surface area contributed by atoms with Gasteiger partial charge in [0.05, 0.1) is 26.8 Å². The van der Waals surface area contributed by atoms with Gasteiger partial charge in [-0.25, -0.2) is 0 Å². The maximum Gasteiger partial charge on any atom is 0.279 e. The topological polar surface area (TPSA) is 56.4 Å². The van der Waals surface area contributed by atoms with Crippen molar-refractivity contribution in [3.05, 3.63) is 24.3 Å². The van der Waals surface area contributed by atoms with E-state index in [9.17, 15) is 4.79 Å². The first kappa shape index (κ1) is 20.7. The highest BCUT2D eigenvalue weighted by molar-refractivity contribution is 5.91. The van der Waals surface area contributed by atoms with Crippen molar-refractivity contribution in [2.45, 2.75) is 26.9 Å². The van der Waals surface area contributed by atoms with E-state index in [0.717, 1.165) is 44.2 Å². The predicted octanol–water partition coefficient (Wildman–Crippen LogP) is -0.522. The minimum absolute atomic E-state index is 0.0363. The Morgan fingerprint density at radius 1 is 1.38 bits per heavy atom. The second kappa shape index (κ2) is 10.5. The number of amides is 1. The third kappa shape index (κ3) is 6.94. The van der Waals surface area contributed by atoms with Crippen LogP contribution in [0.25, 0.3) is 0 Å². The lowest BCUT2D eigenvalue weighted by Gasteiger charge is -2.32. The summed E-state index contributed by atoms with van der Waals surface area (Å²) in [5.41, 5.74) is 0.799. The van der Waals surface area contributed by atoms with Crippen LogP contribution in [0.2, 0.25) is 0 Å². The van der Waals surface area contributed by atoms with Gasteiger partial charge in [-0.1, -0.05) is 13.8 Å². The third-order valence-electron chi connectivity index (χ3n) is 4.82. The van der Waals surface area contributed by atoms with E-state index in [1.165, 1.54) is 11.4 Å². The largest absolute Gasteiger partial charge is 0.497 e. The molecule has 0 radical (unpaired) electrons. The van der Waals surface area contributed by atoms with Crippen LogP contribution in [-0.4, -0.2) is 65.0 Å². The zero-order chi connectivity index (χ0) is 18.9. The first-order valence-electron chi connectivity index (χ1n) is 9.72. The maximum atomic E-state index is 12.4.